The highest BCUT2D eigenvalue weighted by Gasteiger charge is 2.38. The first-order valence-corrected chi connectivity index (χ1v) is 7.57. The molecule has 1 aromatic rings. The molecule has 1 aliphatic rings. The molecule has 0 aliphatic carbocycles. The van der Waals surface area contributed by atoms with Crippen LogP contribution >= 0.6 is 0 Å². The van der Waals surface area contributed by atoms with Gasteiger partial charge in [-0.2, -0.15) is 0 Å². The number of aryl methyl sites for hydroxylation is 2. The van der Waals surface area contributed by atoms with E-state index in [-0.39, 0.29) is 11.8 Å². The molecule has 0 bridgehead atoms. The molecule has 0 unspecified atom stereocenters. The molecule has 1 atom stereocenters. The highest BCUT2D eigenvalue weighted by molar-refractivity contribution is 6.10. The largest absolute Gasteiger partial charge is 0.355 e. The molecule has 4 heteroatoms. The van der Waals surface area contributed by atoms with E-state index in [4.69, 9.17) is 0 Å². The molecule has 1 aromatic carbocycles. The van der Waals surface area contributed by atoms with E-state index in [1.807, 2.05) is 45.9 Å². The number of anilines is 1. The number of hydrogen-bond acceptors (Lipinski definition) is 2. The Balaban J connectivity index is 2.13. The Hall–Kier alpha value is -1.84. The van der Waals surface area contributed by atoms with Crippen LogP contribution in [0.3, 0.4) is 0 Å². The number of para-hydroxylation sites is 1. The summed E-state index contributed by atoms with van der Waals surface area (Å²) in [5, 5.41) is 2.87. The van der Waals surface area contributed by atoms with Gasteiger partial charge in [0.05, 0.1) is 0 Å². The number of carbonyl (C=O) groups is 2. The van der Waals surface area contributed by atoms with Gasteiger partial charge in [0.2, 0.25) is 11.8 Å². The molecule has 1 N–H and O–H groups in total. The van der Waals surface area contributed by atoms with Crippen LogP contribution in [0.15, 0.2) is 18.2 Å². The Kier molecular flexibility index (Phi) is 4.66. The first-order chi connectivity index (χ1) is 9.91. The third kappa shape index (κ3) is 3.26. The normalized spacial score (nSPS) is 18.4. The van der Waals surface area contributed by atoms with Crippen molar-refractivity contribution in [2.75, 3.05) is 18.0 Å². The van der Waals surface area contributed by atoms with Crippen molar-refractivity contribution in [1.82, 2.24) is 5.32 Å². The summed E-state index contributed by atoms with van der Waals surface area (Å²) < 4.78 is 0. The van der Waals surface area contributed by atoms with Crippen molar-refractivity contribution in [3.05, 3.63) is 29.3 Å². The minimum atomic E-state index is -0.539. The Morgan fingerprint density at radius 1 is 1.33 bits per heavy atom. The van der Waals surface area contributed by atoms with Crippen LogP contribution < -0.4 is 10.2 Å². The Labute approximate surface area is 126 Å². The summed E-state index contributed by atoms with van der Waals surface area (Å²) in [6, 6.07) is 5.99. The number of nitrogens with one attached hydrogen (secondary N) is 1. The maximum Gasteiger partial charge on any atom is 0.239 e. The standard InChI is InChI=1S/C17H24N2O2/c1-11(2)10-18-16(20)14-8-9-19(17(14)21)15-12(3)6-5-7-13(15)4/h5-7,11,14H,8-10H2,1-4H3,(H,18,20)/t14-/m1/s1. The third-order valence-corrected chi connectivity index (χ3v) is 3.92. The van der Waals surface area contributed by atoms with E-state index >= 15 is 0 Å². The number of benzene rings is 1. The quantitative estimate of drug-likeness (QED) is 0.865. The first-order valence-electron chi connectivity index (χ1n) is 7.57. The predicted molar refractivity (Wildman–Crippen MR) is 84.2 cm³/mol. The molecule has 1 saturated heterocycles. The highest BCUT2D eigenvalue weighted by atomic mass is 16.2. The van der Waals surface area contributed by atoms with Gasteiger partial charge in [-0.1, -0.05) is 32.0 Å². The van der Waals surface area contributed by atoms with E-state index in [1.54, 1.807) is 4.90 Å². The van der Waals surface area contributed by atoms with Crippen molar-refractivity contribution in [1.29, 1.82) is 0 Å². The van der Waals surface area contributed by atoms with Gasteiger partial charge in [0.25, 0.3) is 0 Å². The molecular weight excluding hydrogens is 264 g/mol. The van der Waals surface area contributed by atoms with Gasteiger partial charge < -0.3 is 10.2 Å². The first kappa shape index (κ1) is 15.5. The second kappa shape index (κ2) is 6.29. The van der Waals surface area contributed by atoms with Crippen LogP contribution in [0.25, 0.3) is 0 Å². The zero-order valence-electron chi connectivity index (χ0n) is 13.3. The number of rotatable bonds is 4. The predicted octanol–water partition coefficient (Wildman–Crippen LogP) is 2.43. The van der Waals surface area contributed by atoms with E-state index < -0.39 is 5.92 Å². The molecule has 114 valence electrons. The van der Waals surface area contributed by atoms with Crippen LogP contribution in [0, 0.1) is 25.7 Å². The number of nitrogens with zero attached hydrogens (tertiary/aromatic N) is 1. The van der Waals surface area contributed by atoms with Crippen molar-refractivity contribution in [2.24, 2.45) is 11.8 Å². The average Bonchev–Trinajstić information content (AvgIpc) is 2.78. The topological polar surface area (TPSA) is 49.4 Å². The Morgan fingerprint density at radius 2 is 1.95 bits per heavy atom. The van der Waals surface area contributed by atoms with E-state index in [2.05, 4.69) is 5.32 Å². The molecule has 1 heterocycles. The molecule has 2 amide bonds. The van der Waals surface area contributed by atoms with Crippen LogP contribution in [0.2, 0.25) is 0 Å². The minimum Gasteiger partial charge on any atom is -0.355 e. The zero-order valence-corrected chi connectivity index (χ0v) is 13.3. The molecule has 0 spiro atoms. The van der Waals surface area contributed by atoms with Crippen LogP contribution in [-0.4, -0.2) is 24.9 Å². The van der Waals surface area contributed by atoms with Gasteiger partial charge in [-0.25, -0.2) is 0 Å². The smallest absolute Gasteiger partial charge is 0.239 e. The van der Waals surface area contributed by atoms with Gasteiger partial charge in [-0.15, -0.1) is 0 Å². The lowest BCUT2D eigenvalue weighted by Crippen LogP contribution is -2.38. The summed E-state index contributed by atoms with van der Waals surface area (Å²) in [6.07, 6.45) is 0.594. The number of carbonyl (C=O) groups excluding carboxylic acids is 2. The van der Waals surface area contributed by atoms with E-state index in [0.29, 0.717) is 25.4 Å². The lowest BCUT2D eigenvalue weighted by atomic mass is 10.1. The van der Waals surface area contributed by atoms with Gasteiger partial charge in [0.1, 0.15) is 5.92 Å². The minimum absolute atomic E-state index is 0.0753. The SMILES string of the molecule is Cc1cccc(C)c1N1CC[C@H](C(=O)NCC(C)C)C1=O. The molecule has 0 radical (unpaired) electrons. The van der Waals surface area contributed by atoms with E-state index in [1.165, 1.54) is 0 Å². The van der Waals surface area contributed by atoms with E-state index in [0.717, 1.165) is 16.8 Å². The summed E-state index contributed by atoms with van der Waals surface area (Å²) in [6.45, 7) is 9.32. The van der Waals surface area contributed by atoms with Crippen molar-refractivity contribution in [2.45, 2.75) is 34.1 Å². The lowest BCUT2D eigenvalue weighted by molar-refractivity contribution is -0.132. The van der Waals surface area contributed by atoms with Crippen molar-refractivity contribution >= 4 is 17.5 Å². The molecule has 1 fully saturated rings. The van der Waals surface area contributed by atoms with Gasteiger partial charge in [0.15, 0.2) is 0 Å². The van der Waals surface area contributed by atoms with Crippen LogP contribution in [0.4, 0.5) is 5.69 Å². The second-order valence-corrected chi connectivity index (χ2v) is 6.21. The molecule has 0 aromatic heterocycles. The molecule has 0 saturated carbocycles. The van der Waals surface area contributed by atoms with Crippen LogP contribution in [0.1, 0.15) is 31.4 Å². The second-order valence-electron chi connectivity index (χ2n) is 6.21. The number of hydrogen-bond donors (Lipinski definition) is 1. The van der Waals surface area contributed by atoms with E-state index in [9.17, 15) is 9.59 Å². The summed E-state index contributed by atoms with van der Waals surface area (Å²) in [4.78, 5) is 26.5. The molecule has 21 heavy (non-hydrogen) atoms. The third-order valence-electron chi connectivity index (χ3n) is 3.92. The van der Waals surface area contributed by atoms with Crippen molar-refractivity contribution in [3.63, 3.8) is 0 Å². The Bertz CT molecular complexity index is 531. The zero-order chi connectivity index (χ0) is 15.6. The van der Waals surface area contributed by atoms with Gasteiger partial charge >= 0.3 is 0 Å². The fourth-order valence-corrected chi connectivity index (χ4v) is 2.80. The number of amides is 2. The van der Waals surface area contributed by atoms with Gasteiger partial charge in [-0.3, -0.25) is 9.59 Å². The average molecular weight is 288 g/mol. The molecular formula is C17H24N2O2. The molecule has 2 rings (SSSR count). The van der Waals surface area contributed by atoms with Gasteiger partial charge in [0, 0.05) is 18.8 Å². The molecule has 4 nitrogen and oxygen atoms in total. The Morgan fingerprint density at radius 3 is 2.52 bits per heavy atom. The van der Waals surface area contributed by atoms with Crippen molar-refractivity contribution < 1.29 is 9.59 Å². The summed E-state index contributed by atoms with van der Waals surface area (Å²) in [5.41, 5.74) is 3.11. The summed E-state index contributed by atoms with van der Waals surface area (Å²) in [7, 11) is 0. The monoisotopic (exact) mass is 288 g/mol. The summed E-state index contributed by atoms with van der Waals surface area (Å²) in [5.74, 6) is -0.362. The van der Waals surface area contributed by atoms with Crippen LogP contribution in [-0.2, 0) is 9.59 Å². The lowest BCUT2D eigenvalue weighted by Gasteiger charge is -2.21. The molecule has 1 aliphatic heterocycles. The fourth-order valence-electron chi connectivity index (χ4n) is 2.80. The maximum atomic E-state index is 12.6. The van der Waals surface area contributed by atoms with Gasteiger partial charge in [-0.05, 0) is 37.3 Å². The maximum absolute atomic E-state index is 12.6. The van der Waals surface area contributed by atoms with Crippen LogP contribution in [0.5, 0.6) is 0 Å². The summed E-state index contributed by atoms with van der Waals surface area (Å²) >= 11 is 0. The fraction of sp³-hybridized carbons (Fsp3) is 0.529. The highest BCUT2D eigenvalue weighted by Crippen LogP contribution is 2.30. The van der Waals surface area contributed by atoms with Crippen molar-refractivity contribution in [3.8, 4) is 0 Å².